The molecule has 0 unspecified atom stereocenters. The molecular weight excluding hydrogens is 316 g/mol. The zero-order valence-corrected chi connectivity index (χ0v) is 14.2. The Morgan fingerprint density at radius 2 is 2.08 bits per heavy atom. The van der Waals surface area contributed by atoms with Gasteiger partial charge < -0.3 is 9.64 Å². The summed E-state index contributed by atoms with van der Waals surface area (Å²) < 4.78 is 6.96. The molecule has 2 aromatic rings. The number of aromatic nitrogens is 2. The average Bonchev–Trinajstić information content (AvgIpc) is 3.11. The summed E-state index contributed by atoms with van der Waals surface area (Å²) in [5, 5.41) is 4.58. The predicted octanol–water partition coefficient (Wildman–Crippen LogP) is 2.41. The Hall–Kier alpha value is -2.89. The number of methoxy groups -OCH3 is 1. The van der Waals surface area contributed by atoms with Crippen molar-refractivity contribution in [1.82, 2.24) is 14.7 Å². The normalized spacial score (nSPS) is 16.6. The molecule has 6 heteroatoms. The van der Waals surface area contributed by atoms with Crippen molar-refractivity contribution in [2.75, 3.05) is 20.2 Å². The van der Waals surface area contributed by atoms with E-state index >= 15 is 0 Å². The minimum absolute atomic E-state index is 0.0386. The molecule has 25 heavy (non-hydrogen) atoms. The fourth-order valence-electron chi connectivity index (χ4n) is 3.17. The van der Waals surface area contributed by atoms with E-state index in [4.69, 9.17) is 4.74 Å². The molecule has 0 N–H and O–H groups in total. The van der Waals surface area contributed by atoms with Gasteiger partial charge in [0, 0.05) is 38.5 Å². The minimum atomic E-state index is 0.0386. The minimum Gasteiger partial charge on any atom is -0.497 e. The van der Waals surface area contributed by atoms with Gasteiger partial charge in [0.2, 0.25) is 0 Å². The van der Waals surface area contributed by atoms with Crippen LogP contribution in [-0.4, -0.2) is 47.0 Å². The molecule has 3 heterocycles. The number of fused-ring (bicyclic) bond motifs is 1. The highest BCUT2D eigenvalue weighted by Crippen LogP contribution is 2.22. The molecule has 0 atom stereocenters. The standard InChI is InChI=1S/C19H20N4O2/c1-25-16-6-4-14(5-7-16)12-22-10-8-18-17(19(22)24)13-23(21-18)15-3-2-9-20-11-15/h3-7,11,13H,2,8-10,12H2,1H3. The van der Waals surface area contributed by atoms with Crippen molar-refractivity contribution in [3.05, 3.63) is 53.4 Å². The topological polar surface area (TPSA) is 59.7 Å². The summed E-state index contributed by atoms with van der Waals surface area (Å²) >= 11 is 0. The van der Waals surface area contributed by atoms with E-state index in [-0.39, 0.29) is 5.91 Å². The van der Waals surface area contributed by atoms with Crippen LogP contribution in [0.1, 0.15) is 28.0 Å². The molecule has 0 spiro atoms. The molecule has 0 aliphatic carbocycles. The summed E-state index contributed by atoms with van der Waals surface area (Å²) in [6.45, 7) is 2.10. The van der Waals surface area contributed by atoms with Crippen LogP contribution in [0.5, 0.6) is 5.75 Å². The van der Waals surface area contributed by atoms with Crippen LogP contribution in [0.3, 0.4) is 0 Å². The van der Waals surface area contributed by atoms with Crippen molar-refractivity contribution in [2.45, 2.75) is 19.4 Å². The number of allylic oxidation sites excluding steroid dienone is 1. The molecule has 2 aliphatic heterocycles. The van der Waals surface area contributed by atoms with Crippen molar-refractivity contribution < 1.29 is 9.53 Å². The quantitative estimate of drug-likeness (QED) is 0.861. The lowest BCUT2D eigenvalue weighted by molar-refractivity contribution is 0.0726. The summed E-state index contributed by atoms with van der Waals surface area (Å²) in [5.41, 5.74) is 3.60. The van der Waals surface area contributed by atoms with Crippen LogP contribution < -0.4 is 4.74 Å². The lowest BCUT2D eigenvalue weighted by atomic mass is 10.1. The number of amides is 1. The van der Waals surface area contributed by atoms with E-state index in [0.29, 0.717) is 18.7 Å². The molecule has 2 aliphatic rings. The second kappa shape index (κ2) is 6.55. The summed E-state index contributed by atoms with van der Waals surface area (Å²) in [4.78, 5) is 19.0. The smallest absolute Gasteiger partial charge is 0.257 e. The van der Waals surface area contributed by atoms with E-state index in [1.165, 1.54) is 0 Å². The first-order valence-electron chi connectivity index (χ1n) is 8.46. The summed E-state index contributed by atoms with van der Waals surface area (Å²) in [5.74, 6) is 0.858. The van der Waals surface area contributed by atoms with Crippen molar-refractivity contribution in [3.63, 3.8) is 0 Å². The summed E-state index contributed by atoms with van der Waals surface area (Å²) in [6.07, 6.45) is 7.44. The van der Waals surface area contributed by atoms with E-state index in [1.807, 2.05) is 41.6 Å². The molecular formula is C19H20N4O2. The van der Waals surface area contributed by atoms with Gasteiger partial charge >= 0.3 is 0 Å². The van der Waals surface area contributed by atoms with Gasteiger partial charge in [-0.05, 0) is 24.1 Å². The third kappa shape index (κ3) is 3.07. The molecule has 4 rings (SSSR count). The average molecular weight is 336 g/mol. The van der Waals surface area contributed by atoms with Gasteiger partial charge in [0.05, 0.1) is 24.1 Å². The summed E-state index contributed by atoms with van der Waals surface area (Å²) in [7, 11) is 1.65. The van der Waals surface area contributed by atoms with Crippen molar-refractivity contribution in [3.8, 4) is 5.75 Å². The van der Waals surface area contributed by atoms with Crippen molar-refractivity contribution in [1.29, 1.82) is 0 Å². The highest BCUT2D eigenvalue weighted by molar-refractivity contribution is 6.03. The van der Waals surface area contributed by atoms with Gasteiger partial charge in [-0.1, -0.05) is 18.2 Å². The van der Waals surface area contributed by atoms with Crippen LogP contribution in [0, 0.1) is 0 Å². The number of rotatable bonds is 4. The van der Waals surface area contributed by atoms with Crippen LogP contribution in [-0.2, 0) is 13.0 Å². The van der Waals surface area contributed by atoms with Crippen LogP contribution in [0.15, 0.2) is 41.5 Å². The van der Waals surface area contributed by atoms with Gasteiger partial charge in [0.25, 0.3) is 5.91 Å². The Labute approximate surface area is 146 Å². The molecule has 0 fully saturated rings. The predicted molar refractivity (Wildman–Crippen MR) is 95.9 cm³/mol. The molecule has 6 nitrogen and oxygen atoms in total. The van der Waals surface area contributed by atoms with Crippen molar-refractivity contribution >= 4 is 17.8 Å². The number of nitrogens with zero attached hydrogens (tertiary/aromatic N) is 4. The Morgan fingerprint density at radius 1 is 1.24 bits per heavy atom. The number of benzene rings is 1. The number of dihydropyridines is 1. The number of carbonyl (C=O) groups excluding carboxylic acids is 1. The van der Waals surface area contributed by atoms with Crippen LogP contribution >= 0.6 is 0 Å². The first-order chi connectivity index (χ1) is 12.2. The molecule has 0 bridgehead atoms. The van der Waals surface area contributed by atoms with Crippen LogP contribution in [0.25, 0.3) is 5.70 Å². The lowest BCUT2D eigenvalue weighted by Crippen LogP contribution is -2.36. The van der Waals surface area contributed by atoms with E-state index in [2.05, 4.69) is 16.2 Å². The van der Waals surface area contributed by atoms with Crippen molar-refractivity contribution in [2.24, 2.45) is 4.99 Å². The maximum absolute atomic E-state index is 12.8. The van der Waals surface area contributed by atoms with Gasteiger partial charge in [-0.3, -0.25) is 9.79 Å². The zero-order valence-electron chi connectivity index (χ0n) is 14.2. The molecule has 1 amide bonds. The number of ether oxygens (including phenoxy) is 1. The van der Waals surface area contributed by atoms with Gasteiger partial charge in [0.15, 0.2) is 0 Å². The molecule has 0 saturated heterocycles. The second-order valence-electron chi connectivity index (χ2n) is 6.21. The first-order valence-corrected chi connectivity index (χ1v) is 8.46. The summed E-state index contributed by atoms with van der Waals surface area (Å²) in [6, 6.07) is 7.83. The van der Waals surface area contributed by atoms with E-state index in [9.17, 15) is 4.79 Å². The van der Waals surface area contributed by atoms with Gasteiger partial charge in [-0.2, -0.15) is 5.10 Å². The zero-order chi connectivity index (χ0) is 17.2. The molecule has 1 aromatic heterocycles. The van der Waals surface area contributed by atoms with Gasteiger partial charge in [0.1, 0.15) is 5.75 Å². The Balaban J connectivity index is 1.53. The van der Waals surface area contributed by atoms with E-state index in [0.717, 1.165) is 42.1 Å². The lowest BCUT2D eigenvalue weighted by Gasteiger charge is -2.26. The SMILES string of the molecule is COc1ccc(CN2CCc3nn(C4=CCCN=C4)cc3C2=O)cc1. The molecule has 1 aromatic carbocycles. The van der Waals surface area contributed by atoms with Gasteiger partial charge in [-0.25, -0.2) is 4.68 Å². The number of aliphatic imine (C=N–C) groups is 1. The third-order valence-corrected chi connectivity index (χ3v) is 4.56. The Bertz CT molecular complexity index is 849. The Morgan fingerprint density at radius 3 is 2.80 bits per heavy atom. The maximum Gasteiger partial charge on any atom is 0.257 e. The highest BCUT2D eigenvalue weighted by Gasteiger charge is 2.27. The van der Waals surface area contributed by atoms with E-state index < -0.39 is 0 Å². The number of carbonyl (C=O) groups is 1. The van der Waals surface area contributed by atoms with Gasteiger partial charge in [-0.15, -0.1) is 0 Å². The Kier molecular flexibility index (Phi) is 4.09. The fourth-order valence-corrected chi connectivity index (χ4v) is 3.17. The maximum atomic E-state index is 12.8. The van der Waals surface area contributed by atoms with E-state index in [1.54, 1.807) is 11.8 Å². The number of hydrogen-bond acceptors (Lipinski definition) is 4. The molecule has 0 saturated carbocycles. The first kappa shape index (κ1) is 15.6. The largest absolute Gasteiger partial charge is 0.497 e. The fraction of sp³-hybridized carbons (Fsp3) is 0.316. The molecule has 128 valence electrons. The third-order valence-electron chi connectivity index (χ3n) is 4.56. The number of hydrogen-bond donors (Lipinski definition) is 0. The highest BCUT2D eigenvalue weighted by atomic mass is 16.5. The van der Waals surface area contributed by atoms with Crippen LogP contribution in [0.4, 0.5) is 0 Å². The molecule has 0 radical (unpaired) electrons. The van der Waals surface area contributed by atoms with Crippen LogP contribution in [0.2, 0.25) is 0 Å². The second-order valence-corrected chi connectivity index (χ2v) is 6.21. The monoisotopic (exact) mass is 336 g/mol.